The van der Waals surface area contributed by atoms with Crippen LogP contribution in [0.5, 0.6) is 0 Å². The van der Waals surface area contributed by atoms with Crippen LogP contribution in [0.4, 0.5) is 0 Å². The Balaban J connectivity index is 1.96. The zero-order valence-electron chi connectivity index (χ0n) is 11.1. The minimum absolute atomic E-state index is 0.00363. The average molecular weight is 261 g/mol. The van der Waals surface area contributed by atoms with E-state index in [9.17, 15) is 9.59 Å². The molecule has 4 nitrogen and oxygen atoms in total. The van der Waals surface area contributed by atoms with Gasteiger partial charge in [-0.25, -0.2) is 0 Å². The van der Waals surface area contributed by atoms with Crippen LogP contribution < -0.4 is 0 Å². The molecule has 0 unspecified atom stereocenters. The molecule has 1 N–H and O–H groups in total. The number of rotatable bonds is 6. The molecule has 1 aromatic rings. The summed E-state index contributed by atoms with van der Waals surface area (Å²) in [5.74, 6) is -0.787. The number of carbonyl (C=O) groups excluding carboxylic acids is 1. The van der Waals surface area contributed by atoms with E-state index in [1.165, 1.54) is 5.56 Å². The van der Waals surface area contributed by atoms with Crippen molar-refractivity contribution in [3.05, 3.63) is 35.9 Å². The summed E-state index contributed by atoms with van der Waals surface area (Å²) in [6, 6.07) is 9.98. The van der Waals surface area contributed by atoms with Gasteiger partial charge in [0.2, 0.25) is 5.91 Å². The van der Waals surface area contributed by atoms with Crippen molar-refractivity contribution in [2.45, 2.75) is 25.7 Å². The Labute approximate surface area is 113 Å². The fourth-order valence-electron chi connectivity index (χ4n) is 2.37. The number of carboxylic acid groups (broad SMARTS) is 1. The summed E-state index contributed by atoms with van der Waals surface area (Å²) >= 11 is 0. The molecule has 19 heavy (non-hydrogen) atoms. The molecular weight excluding hydrogens is 242 g/mol. The van der Waals surface area contributed by atoms with E-state index in [4.69, 9.17) is 5.11 Å². The third-order valence-electron chi connectivity index (χ3n) is 3.70. The Kier molecular flexibility index (Phi) is 3.88. The van der Waals surface area contributed by atoms with Gasteiger partial charge < -0.3 is 10.0 Å². The van der Waals surface area contributed by atoms with E-state index < -0.39 is 5.97 Å². The minimum Gasteiger partial charge on any atom is -0.481 e. The van der Waals surface area contributed by atoms with E-state index in [0.717, 1.165) is 19.3 Å². The van der Waals surface area contributed by atoms with E-state index in [-0.39, 0.29) is 24.3 Å². The van der Waals surface area contributed by atoms with Gasteiger partial charge >= 0.3 is 5.97 Å². The Morgan fingerprint density at radius 3 is 2.42 bits per heavy atom. The Morgan fingerprint density at radius 1 is 1.26 bits per heavy atom. The lowest BCUT2D eigenvalue weighted by Gasteiger charge is -2.23. The van der Waals surface area contributed by atoms with E-state index in [2.05, 4.69) is 0 Å². The minimum atomic E-state index is -0.868. The molecule has 4 heteroatoms. The molecule has 1 amide bonds. The van der Waals surface area contributed by atoms with Gasteiger partial charge in [0.15, 0.2) is 0 Å². The lowest BCUT2D eigenvalue weighted by atomic mass is 9.95. The molecule has 1 fully saturated rings. The molecule has 1 aliphatic rings. The summed E-state index contributed by atoms with van der Waals surface area (Å²) in [6.07, 6.45) is 2.56. The van der Waals surface area contributed by atoms with Crippen molar-refractivity contribution in [3.8, 4) is 0 Å². The second-order valence-electron chi connectivity index (χ2n) is 5.31. The summed E-state index contributed by atoms with van der Waals surface area (Å²) in [4.78, 5) is 24.5. The molecule has 1 saturated carbocycles. The monoisotopic (exact) mass is 261 g/mol. The number of amides is 1. The summed E-state index contributed by atoms with van der Waals surface area (Å²) < 4.78 is 0. The Morgan fingerprint density at radius 2 is 1.89 bits per heavy atom. The molecule has 2 rings (SSSR count). The van der Waals surface area contributed by atoms with Gasteiger partial charge in [0, 0.05) is 13.6 Å². The van der Waals surface area contributed by atoms with Crippen molar-refractivity contribution in [1.82, 2.24) is 4.90 Å². The molecule has 1 aliphatic carbocycles. The van der Waals surface area contributed by atoms with Gasteiger partial charge in [0.1, 0.15) is 0 Å². The first-order valence-corrected chi connectivity index (χ1v) is 6.55. The van der Waals surface area contributed by atoms with Crippen LogP contribution in [-0.2, 0) is 16.0 Å². The van der Waals surface area contributed by atoms with Crippen LogP contribution in [0.2, 0.25) is 0 Å². The number of nitrogens with zero attached hydrogens (tertiary/aromatic N) is 1. The molecule has 0 aliphatic heterocycles. The maximum Gasteiger partial charge on any atom is 0.305 e. The summed E-state index contributed by atoms with van der Waals surface area (Å²) in [5, 5.41) is 8.66. The second kappa shape index (κ2) is 5.43. The standard InChI is InChI=1S/C15H19NO3/c1-16(10-7-13(17)18)14(19)15(8-9-15)11-12-5-3-2-4-6-12/h2-6H,7-11H2,1H3,(H,17,18). The lowest BCUT2D eigenvalue weighted by molar-refractivity contribution is -0.139. The highest BCUT2D eigenvalue weighted by atomic mass is 16.4. The fourth-order valence-corrected chi connectivity index (χ4v) is 2.37. The van der Waals surface area contributed by atoms with E-state index in [1.54, 1.807) is 11.9 Å². The predicted molar refractivity (Wildman–Crippen MR) is 71.7 cm³/mol. The summed E-state index contributed by atoms with van der Waals surface area (Å²) in [6.45, 7) is 0.282. The molecule has 1 aromatic carbocycles. The van der Waals surface area contributed by atoms with E-state index in [1.807, 2.05) is 30.3 Å². The van der Waals surface area contributed by atoms with Crippen molar-refractivity contribution < 1.29 is 14.7 Å². The van der Waals surface area contributed by atoms with Crippen LogP contribution in [0.15, 0.2) is 30.3 Å². The lowest BCUT2D eigenvalue weighted by Crippen LogP contribution is -2.36. The fraction of sp³-hybridized carbons (Fsp3) is 0.467. The van der Waals surface area contributed by atoms with E-state index >= 15 is 0 Å². The van der Waals surface area contributed by atoms with Crippen LogP contribution in [0.3, 0.4) is 0 Å². The van der Waals surface area contributed by atoms with Gasteiger partial charge in [-0.05, 0) is 24.8 Å². The number of hydrogen-bond acceptors (Lipinski definition) is 2. The number of hydrogen-bond donors (Lipinski definition) is 1. The van der Waals surface area contributed by atoms with Crippen LogP contribution >= 0.6 is 0 Å². The highest BCUT2D eigenvalue weighted by molar-refractivity contribution is 5.85. The highest BCUT2D eigenvalue weighted by Gasteiger charge is 2.50. The number of carbonyl (C=O) groups is 2. The summed E-state index contributed by atoms with van der Waals surface area (Å²) in [7, 11) is 1.69. The molecular formula is C15H19NO3. The van der Waals surface area contributed by atoms with Gasteiger partial charge in [-0.2, -0.15) is 0 Å². The normalized spacial score (nSPS) is 15.8. The number of benzene rings is 1. The van der Waals surface area contributed by atoms with Gasteiger partial charge in [-0.15, -0.1) is 0 Å². The van der Waals surface area contributed by atoms with Crippen molar-refractivity contribution in [2.24, 2.45) is 5.41 Å². The van der Waals surface area contributed by atoms with Crippen molar-refractivity contribution in [1.29, 1.82) is 0 Å². The Hall–Kier alpha value is -1.84. The van der Waals surface area contributed by atoms with Gasteiger partial charge in [-0.1, -0.05) is 30.3 Å². The van der Waals surface area contributed by atoms with Crippen LogP contribution in [0, 0.1) is 5.41 Å². The topological polar surface area (TPSA) is 57.6 Å². The largest absolute Gasteiger partial charge is 0.481 e. The molecule has 0 radical (unpaired) electrons. The second-order valence-corrected chi connectivity index (χ2v) is 5.31. The first-order valence-electron chi connectivity index (χ1n) is 6.55. The zero-order chi connectivity index (χ0) is 13.9. The molecule has 0 heterocycles. The Bertz CT molecular complexity index is 466. The van der Waals surface area contributed by atoms with Crippen LogP contribution in [-0.4, -0.2) is 35.5 Å². The highest BCUT2D eigenvalue weighted by Crippen LogP contribution is 2.49. The number of carboxylic acids is 1. The molecule has 0 spiro atoms. The van der Waals surface area contributed by atoms with Crippen molar-refractivity contribution >= 4 is 11.9 Å². The quantitative estimate of drug-likeness (QED) is 0.851. The molecule has 0 bridgehead atoms. The van der Waals surface area contributed by atoms with Gasteiger partial charge in [0.05, 0.1) is 11.8 Å². The third kappa shape index (κ3) is 3.34. The zero-order valence-corrected chi connectivity index (χ0v) is 11.1. The van der Waals surface area contributed by atoms with E-state index in [0.29, 0.717) is 0 Å². The SMILES string of the molecule is CN(CCC(=O)O)C(=O)C1(Cc2ccccc2)CC1. The first-order chi connectivity index (χ1) is 9.03. The van der Waals surface area contributed by atoms with Gasteiger partial charge in [0.25, 0.3) is 0 Å². The van der Waals surface area contributed by atoms with Crippen molar-refractivity contribution in [3.63, 3.8) is 0 Å². The van der Waals surface area contributed by atoms with Crippen LogP contribution in [0.1, 0.15) is 24.8 Å². The number of aliphatic carboxylic acids is 1. The molecule has 0 atom stereocenters. The maximum atomic E-state index is 12.4. The predicted octanol–water partition coefficient (Wildman–Crippen LogP) is 1.94. The smallest absolute Gasteiger partial charge is 0.305 e. The molecule has 102 valence electrons. The third-order valence-corrected chi connectivity index (χ3v) is 3.70. The van der Waals surface area contributed by atoms with Crippen molar-refractivity contribution in [2.75, 3.05) is 13.6 Å². The summed E-state index contributed by atoms with van der Waals surface area (Å²) in [5.41, 5.74) is 0.884. The molecule has 0 aromatic heterocycles. The molecule has 0 saturated heterocycles. The average Bonchev–Trinajstić information content (AvgIpc) is 3.17. The van der Waals surface area contributed by atoms with Crippen LogP contribution in [0.25, 0.3) is 0 Å². The van der Waals surface area contributed by atoms with Gasteiger partial charge in [-0.3, -0.25) is 9.59 Å². The first kappa shape index (κ1) is 13.6. The maximum absolute atomic E-state index is 12.4.